The van der Waals surface area contributed by atoms with Crippen molar-refractivity contribution in [1.29, 1.82) is 0 Å². The zero-order valence-corrected chi connectivity index (χ0v) is 28.4. The number of phenols is 1. The van der Waals surface area contributed by atoms with Crippen molar-refractivity contribution < 1.29 is 38.1 Å². The molecule has 3 heterocycles. The topological polar surface area (TPSA) is 117 Å². The number of carbonyl (C=O) groups excluding carboxylic acids is 4. The molecule has 258 valence electrons. The van der Waals surface area contributed by atoms with Crippen molar-refractivity contribution in [1.82, 2.24) is 0 Å². The van der Waals surface area contributed by atoms with E-state index in [0.717, 1.165) is 35.8 Å². The first-order valence-corrected chi connectivity index (χ1v) is 17.1. The Morgan fingerprint density at radius 1 is 0.840 bits per heavy atom. The molecule has 4 amide bonds. The molecule has 5 aliphatic rings. The lowest BCUT2D eigenvalue weighted by Crippen LogP contribution is -2.60. The van der Waals surface area contributed by atoms with Gasteiger partial charge in [0.25, 0.3) is 11.8 Å². The zero-order valence-electron chi connectivity index (χ0n) is 26.9. The summed E-state index contributed by atoms with van der Waals surface area (Å²) in [4.78, 5) is 57.3. The van der Waals surface area contributed by atoms with Crippen molar-refractivity contribution in [2.75, 3.05) is 48.1 Å². The predicted octanol–water partition coefficient (Wildman–Crippen LogP) is 5.14. The van der Waals surface area contributed by atoms with Gasteiger partial charge in [-0.15, -0.1) is 23.2 Å². The summed E-state index contributed by atoms with van der Waals surface area (Å²) in [6.45, 7) is 2.68. The van der Waals surface area contributed by atoms with E-state index in [4.69, 9.17) is 32.7 Å². The summed E-state index contributed by atoms with van der Waals surface area (Å²) in [5, 5.41) is 11.3. The van der Waals surface area contributed by atoms with Crippen molar-refractivity contribution in [3.05, 3.63) is 89.8 Å². The highest BCUT2D eigenvalue weighted by Gasteiger charge is 2.77. The number of rotatable bonds is 5. The normalized spacial score (nSPS) is 30.6. The third kappa shape index (κ3) is 4.56. The quantitative estimate of drug-likeness (QED) is 0.219. The SMILES string of the molecule is COc1ccc(O)c(C2C3=CCC4C(=O)N(c5ccc(N6CCOCC6)cc5)C(=O)C4C3CC3(Cl)C(=O)N(c4ccc(F)cc4)C(=O)C23Cl)c1. The molecule has 0 bridgehead atoms. The molecule has 1 N–H and O–H groups in total. The Labute approximate surface area is 296 Å². The van der Waals surface area contributed by atoms with Crippen LogP contribution in [0.15, 0.2) is 78.4 Å². The number of amides is 4. The van der Waals surface area contributed by atoms with Gasteiger partial charge in [-0.2, -0.15) is 0 Å². The van der Waals surface area contributed by atoms with Gasteiger partial charge in [0.05, 0.1) is 43.5 Å². The van der Waals surface area contributed by atoms with E-state index in [1.165, 1.54) is 42.3 Å². The van der Waals surface area contributed by atoms with Gasteiger partial charge in [0, 0.05) is 30.3 Å². The number of fused-ring (bicyclic) bond motifs is 4. The number of hydrogen-bond donors (Lipinski definition) is 1. The fraction of sp³-hybridized carbons (Fsp3) is 0.351. The minimum Gasteiger partial charge on any atom is -0.508 e. The lowest BCUT2D eigenvalue weighted by Gasteiger charge is -2.50. The Morgan fingerprint density at radius 3 is 2.16 bits per heavy atom. The second kappa shape index (κ2) is 11.8. The number of ether oxygens (including phenoxy) is 2. The maximum atomic E-state index is 14.5. The van der Waals surface area contributed by atoms with Gasteiger partial charge in [-0.3, -0.25) is 24.1 Å². The number of halogens is 3. The lowest BCUT2D eigenvalue weighted by molar-refractivity contribution is -0.125. The number of anilines is 3. The number of methoxy groups -OCH3 is 1. The number of allylic oxidation sites excluding steroid dienone is 2. The maximum absolute atomic E-state index is 14.5. The largest absolute Gasteiger partial charge is 0.508 e. The molecular weight excluding hydrogens is 688 g/mol. The summed E-state index contributed by atoms with van der Waals surface area (Å²) in [5.41, 5.74) is 2.14. The fourth-order valence-electron chi connectivity index (χ4n) is 8.52. The van der Waals surface area contributed by atoms with Crippen molar-refractivity contribution in [2.45, 2.75) is 28.5 Å². The van der Waals surface area contributed by atoms with Crippen LogP contribution in [0.5, 0.6) is 11.5 Å². The Balaban J connectivity index is 1.23. The number of hydrogen-bond acceptors (Lipinski definition) is 8. The van der Waals surface area contributed by atoms with Crippen LogP contribution in [-0.2, 0) is 23.9 Å². The minimum atomic E-state index is -2.18. The zero-order chi connectivity index (χ0) is 35.1. The summed E-state index contributed by atoms with van der Waals surface area (Å²) >= 11 is 14.8. The average Bonchev–Trinajstić information content (AvgIpc) is 3.47. The van der Waals surface area contributed by atoms with Crippen LogP contribution in [0.25, 0.3) is 0 Å². The molecule has 6 unspecified atom stereocenters. The molecule has 10 nitrogen and oxygen atoms in total. The van der Waals surface area contributed by atoms with Crippen molar-refractivity contribution in [3.8, 4) is 11.5 Å². The molecule has 0 aromatic heterocycles. The molecular formula is C37H32Cl2FN3O7. The van der Waals surface area contributed by atoms with Crippen LogP contribution < -0.4 is 19.4 Å². The molecule has 2 aliphatic carbocycles. The highest BCUT2D eigenvalue weighted by Crippen LogP contribution is 2.66. The molecule has 50 heavy (non-hydrogen) atoms. The number of nitrogens with zero attached hydrogens (tertiary/aromatic N) is 3. The molecule has 3 aromatic rings. The first-order valence-electron chi connectivity index (χ1n) is 16.4. The second-order valence-electron chi connectivity index (χ2n) is 13.3. The Bertz CT molecular complexity index is 1970. The molecule has 6 atom stereocenters. The van der Waals surface area contributed by atoms with Gasteiger partial charge in [-0.25, -0.2) is 9.29 Å². The number of benzene rings is 3. The maximum Gasteiger partial charge on any atom is 0.258 e. The summed E-state index contributed by atoms with van der Waals surface area (Å²) in [7, 11) is 1.44. The molecule has 8 rings (SSSR count). The van der Waals surface area contributed by atoms with Gasteiger partial charge in [0.1, 0.15) is 17.3 Å². The molecule has 4 fully saturated rings. The van der Waals surface area contributed by atoms with E-state index in [0.29, 0.717) is 30.2 Å². The predicted molar refractivity (Wildman–Crippen MR) is 183 cm³/mol. The van der Waals surface area contributed by atoms with Crippen LogP contribution in [0.4, 0.5) is 21.5 Å². The molecule has 13 heteroatoms. The van der Waals surface area contributed by atoms with Crippen LogP contribution >= 0.6 is 23.2 Å². The standard InChI is InChI=1S/C37H32Cl2FN3O7/c1-49-24-10-13-29(44)27(18-24)31-25-11-12-26-30(33(46)42(32(26)45)22-8-6-21(7-9-22)41-14-16-50-17-15-41)28(25)19-36(38)34(47)43(35(48)37(31,36)39)23-4-2-20(40)3-5-23/h2-11,13,18,26,28,30-31,44H,12,14-17,19H2,1H3. The monoisotopic (exact) mass is 719 g/mol. The highest BCUT2D eigenvalue weighted by atomic mass is 35.5. The van der Waals surface area contributed by atoms with Crippen molar-refractivity contribution >= 4 is 63.9 Å². The number of morpholine rings is 1. The van der Waals surface area contributed by atoms with Gasteiger partial charge in [0.15, 0.2) is 9.75 Å². The number of imide groups is 2. The fourth-order valence-corrected chi connectivity index (χ4v) is 9.45. The van der Waals surface area contributed by atoms with Crippen LogP contribution in [0.2, 0.25) is 0 Å². The van der Waals surface area contributed by atoms with Gasteiger partial charge in [-0.1, -0.05) is 11.6 Å². The third-order valence-electron chi connectivity index (χ3n) is 10.9. The minimum absolute atomic E-state index is 0.0677. The van der Waals surface area contributed by atoms with Crippen LogP contribution in [0, 0.1) is 23.6 Å². The molecule has 3 aromatic carbocycles. The van der Waals surface area contributed by atoms with E-state index in [9.17, 15) is 28.7 Å². The Hall–Kier alpha value is -4.45. The van der Waals surface area contributed by atoms with Crippen molar-refractivity contribution in [3.63, 3.8) is 0 Å². The first kappa shape index (κ1) is 32.7. The summed E-state index contributed by atoms with van der Waals surface area (Å²) in [5.74, 6) is -6.64. The van der Waals surface area contributed by atoms with Crippen LogP contribution in [0.1, 0.15) is 24.3 Å². The number of phenolic OH excluding ortho intramolecular Hbond substituents is 1. The molecule has 3 aliphatic heterocycles. The van der Waals surface area contributed by atoms with E-state index in [2.05, 4.69) is 4.90 Å². The van der Waals surface area contributed by atoms with E-state index >= 15 is 0 Å². The number of aromatic hydroxyl groups is 1. The smallest absolute Gasteiger partial charge is 0.258 e. The summed E-state index contributed by atoms with van der Waals surface area (Å²) in [6, 6.07) is 16.5. The van der Waals surface area contributed by atoms with E-state index in [1.54, 1.807) is 18.2 Å². The lowest BCUT2D eigenvalue weighted by atomic mass is 9.56. The molecule has 0 radical (unpaired) electrons. The van der Waals surface area contributed by atoms with Crippen LogP contribution in [0.3, 0.4) is 0 Å². The van der Waals surface area contributed by atoms with E-state index in [-0.39, 0.29) is 35.7 Å². The van der Waals surface area contributed by atoms with E-state index < -0.39 is 57.0 Å². The van der Waals surface area contributed by atoms with Gasteiger partial charge >= 0.3 is 0 Å². The molecule has 0 spiro atoms. The van der Waals surface area contributed by atoms with Crippen molar-refractivity contribution in [2.24, 2.45) is 17.8 Å². The molecule has 1 saturated carbocycles. The second-order valence-corrected chi connectivity index (χ2v) is 14.5. The Morgan fingerprint density at radius 2 is 1.48 bits per heavy atom. The first-order chi connectivity index (χ1) is 24.0. The number of carbonyl (C=O) groups is 4. The third-order valence-corrected chi connectivity index (χ3v) is 12.3. The average molecular weight is 721 g/mol. The van der Waals surface area contributed by atoms with Gasteiger partial charge in [-0.05, 0) is 85.5 Å². The highest BCUT2D eigenvalue weighted by molar-refractivity contribution is 6.58. The summed E-state index contributed by atoms with van der Waals surface area (Å²) in [6.07, 6.45) is 1.72. The number of alkyl halides is 2. The summed E-state index contributed by atoms with van der Waals surface area (Å²) < 4.78 is 24.8. The molecule has 3 saturated heterocycles. The Kier molecular flexibility index (Phi) is 7.74. The van der Waals surface area contributed by atoms with E-state index in [1.807, 2.05) is 12.1 Å². The van der Waals surface area contributed by atoms with Gasteiger partial charge in [0.2, 0.25) is 11.8 Å². The van der Waals surface area contributed by atoms with Gasteiger partial charge < -0.3 is 19.5 Å². The van der Waals surface area contributed by atoms with Crippen LogP contribution in [-0.4, -0.2) is 71.9 Å².